The molecule has 3 heteroatoms. The summed E-state index contributed by atoms with van der Waals surface area (Å²) < 4.78 is 5.50. The molecule has 1 aromatic rings. The van der Waals surface area contributed by atoms with Gasteiger partial charge in [-0.2, -0.15) is 0 Å². The summed E-state index contributed by atoms with van der Waals surface area (Å²) in [6.45, 7) is 2.78. The van der Waals surface area contributed by atoms with Gasteiger partial charge in [0.1, 0.15) is 0 Å². The van der Waals surface area contributed by atoms with Crippen LogP contribution in [-0.2, 0) is 4.74 Å². The van der Waals surface area contributed by atoms with Crippen molar-refractivity contribution in [1.29, 1.82) is 0 Å². The van der Waals surface area contributed by atoms with Crippen LogP contribution in [0.2, 0.25) is 0 Å². The average Bonchev–Trinajstić information content (AvgIpc) is 2.87. The molecule has 2 heterocycles. The molecule has 0 aromatic carbocycles. The fraction of sp³-hybridized carbons (Fsp3) is 0.545. The summed E-state index contributed by atoms with van der Waals surface area (Å²) in [6.07, 6.45) is 5.44. The zero-order valence-electron chi connectivity index (χ0n) is 8.32. The van der Waals surface area contributed by atoms with E-state index in [-0.39, 0.29) is 17.8 Å². The molecule has 0 saturated carbocycles. The molecule has 0 amide bonds. The summed E-state index contributed by atoms with van der Waals surface area (Å²) in [4.78, 5) is 14.9. The van der Waals surface area contributed by atoms with E-state index in [4.69, 9.17) is 4.74 Å². The molecule has 0 radical (unpaired) electrons. The molecule has 0 bridgehead atoms. The van der Waals surface area contributed by atoms with Crippen LogP contribution in [0.25, 0.3) is 0 Å². The molecule has 76 valence electrons. The molecule has 1 aliphatic heterocycles. The van der Waals surface area contributed by atoms with E-state index in [0.717, 1.165) is 25.0 Å². The van der Waals surface area contributed by atoms with Gasteiger partial charge in [0.2, 0.25) is 0 Å². The standard InChI is InChI=1S/C11H15NO2/c1-2-10-9(4-6-14-10)11(13)8-3-5-12-7-8/h3,5,7,9-10,12H,2,4,6H2,1H3. The lowest BCUT2D eigenvalue weighted by molar-refractivity contribution is 0.0689. The van der Waals surface area contributed by atoms with E-state index in [1.807, 2.05) is 6.07 Å². The summed E-state index contributed by atoms with van der Waals surface area (Å²) >= 11 is 0. The molecule has 1 saturated heterocycles. The zero-order valence-corrected chi connectivity index (χ0v) is 8.32. The van der Waals surface area contributed by atoms with Crippen LogP contribution in [-0.4, -0.2) is 23.5 Å². The van der Waals surface area contributed by atoms with Crippen molar-refractivity contribution in [3.63, 3.8) is 0 Å². The monoisotopic (exact) mass is 193 g/mol. The van der Waals surface area contributed by atoms with Gasteiger partial charge in [-0.1, -0.05) is 6.92 Å². The molecule has 0 aliphatic carbocycles. The van der Waals surface area contributed by atoms with Crippen LogP contribution < -0.4 is 0 Å². The van der Waals surface area contributed by atoms with Crippen molar-refractivity contribution < 1.29 is 9.53 Å². The van der Waals surface area contributed by atoms with Gasteiger partial charge in [0.15, 0.2) is 5.78 Å². The molecule has 14 heavy (non-hydrogen) atoms. The van der Waals surface area contributed by atoms with Crippen molar-refractivity contribution in [1.82, 2.24) is 4.98 Å². The highest BCUT2D eigenvalue weighted by molar-refractivity contribution is 5.98. The number of aromatic amines is 1. The van der Waals surface area contributed by atoms with Gasteiger partial charge in [-0.15, -0.1) is 0 Å². The molecule has 2 atom stereocenters. The summed E-state index contributed by atoms with van der Waals surface area (Å²) in [6, 6.07) is 1.83. The van der Waals surface area contributed by atoms with E-state index in [1.54, 1.807) is 12.4 Å². The van der Waals surface area contributed by atoms with Crippen LogP contribution in [0.4, 0.5) is 0 Å². The van der Waals surface area contributed by atoms with Gasteiger partial charge in [0.25, 0.3) is 0 Å². The molecule has 1 aliphatic rings. The number of ketones is 1. The third kappa shape index (κ3) is 1.60. The number of nitrogens with one attached hydrogen (secondary N) is 1. The van der Waals surface area contributed by atoms with Crippen molar-refractivity contribution in [2.24, 2.45) is 5.92 Å². The largest absolute Gasteiger partial charge is 0.377 e. The number of ether oxygens (including phenoxy) is 1. The molecule has 1 fully saturated rings. The zero-order chi connectivity index (χ0) is 9.97. The number of carbonyl (C=O) groups excluding carboxylic acids is 1. The maximum absolute atomic E-state index is 12.0. The minimum atomic E-state index is 0.0656. The second-order valence-electron chi connectivity index (χ2n) is 3.68. The molecule has 1 N–H and O–H groups in total. The van der Waals surface area contributed by atoms with Crippen LogP contribution in [0.5, 0.6) is 0 Å². The number of hydrogen-bond acceptors (Lipinski definition) is 2. The van der Waals surface area contributed by atoms with Crippen molar-refractivity contribution in [2.75, 3.05) is 6.61 Å². The van der Waals surface area contributed by atoms with Gasteiger partial charge in [0, 0.05) is 24.6 Å². The summed E-state index contributed by atoms with van der Waals surface area (Å²) in [7, 11) is 0. The van der Waals surface area contributed by atoms with Crippen molar-refractivity contribution in [2.45, 2.75) is 25.9 Å². The van der Waals surface area contributed by atoms with E-state index < -0.39 is 0 Å². The highest BCUT2D eigenvalue weighted by Gasteiger charge is 2.33. The summed E-state index contributed by atoms with van der Waals surface area (Å²) in [5, 5.41) is 0. The van der Waals surface area contributed by atoms with Crippen LogP contribution >= 0.6 is 0 Å². The van der Waals surface area contributed by atoms with Crippen molar-refractivity contribution >= 4 is 5.78 Å². The first-order valence-corrected chi connectivity index (χ1v) is 5.11. The molecule has 3 nitrogen and oxygen atoms in total. The van der Waals surface area contributed by atoms with Gasteiger partial charge < -0.3 is 9.72 Å². The lowest BCUT2D eigenvalue weighted by atomic mass is 9.92. The normalized spacial score (nSPS) is 26.6. The first-order valence-electron chi connectivity index (χ1n) is 5.11. The van der Waals surface area contributed by atoms with E-state index >= 15 is 0 Å². The molecular formula is C11H15NO2. The number of Topliss-reactive ketones (excluding diaryl/α,β-unsaturated/α-hetero) is 1. The predicted octanol–water partition coefficient (Wildman–Crippen LogP) is 2.01. The molecule has 1 aromatic heterocycles. The number of H-pyrrole nitrogens is 1. The van der Waals surface area contributed by atoms with Crippen molar-refractivity contribution in [3.8, 4) is 0 Å². The molecular weight excluding hydrogens is 178 g/mol. The van der Waals surface area contributed by atoms with Crippen LogP contribution in [0.1, 0.15) is 30.1 Å². The lowest BCUT2D eigenvalue weighted by Gasteiger charge is -2.14. The van der Waals surface area contributed by atoms with E-state index in [9.17, 15) is 4.79 Å². The minimum absolute atomic E-state index is 0.0656. The van der Waals surface area contributed by atoms with E-state index in [2.05, 4.69) is 11.9 Å². The third-order valence-corrected chi connectivity index (χ3v) is 2.83. The van der Waals surface area contributed by atoms with E-state index in [0.29, 0.717) is 0 Å². The Morgan fingerprint density at radius 1 is 1.71 bits per heavy atom. The van der Waals surface area contributed by atoms with Crippen LogP contribution in [0.15, 0.2) is 18.5 Å². The van der Waals surface area contributed by atoms with Crippen molar-refractivity contribution in [3.05, 3.63) is 24.0 Å². The van der Waals surface area contributed by atoms with Gasteiger partial charge >= 0.3 is 0 Å². The Kier molecular flexibility index (Phi) is 2.68. The average molecular weight is 193 g/mol. The lowest BCUT2D eigenvalue weighted by Crippen LogP contribution is -2.23. The Morgan fingerprint density at radius 2 is 2.57 bits per heavy atom. The maximum atomic E-state index is 12.0. The Balaban J connectivity index is 2.11. The fourth-order valence-corrected chi connectivity index (χ4v) is 2.04. The van der Waals surface area contributed by atoms with Crippen LogP contribution in [0, 0.1) is 5.92 Å². The predicted molar refractivity (Wildman–Crippen MR) is 53.3 cm³/mol. The number of aromatic nitrogens is 1. The quantitative estimate of drug-likeness (QED) is 0.746. The fourth-order valence-electron chi connectivity index (χ4n) is 2.04. The smallest absolute Gasteiger partial charge is 0.170 e. The second kappa shape index (κ2) is 3.96. The van der Waals surface area contributed by atoms with E-state index in [1.165, 1.54) is 0 Å². The summed E-state index contributed by atoms with van der Waals surface area (Å²) in [5.74, 6) is 0.284. The Hall–Kier alpha value is -1.09. The number of rotatable bonds is 3. The third-order valence-electron chi connectivity index (χ3n) is 2.83. The number of carbonyl (C=O) groups is 1. The molecule has 0 spiro atoms. The minimum Gasteiger partial charge on any atom is -0.377 e. The SMILES string of the molecule is CCC1OCCC1C(=O)c1cc[nH]c1. The number of hydrogen-bond donors (Lipinski definition) is 1. The highest BCUT2D eigenvalue weighted by atomic mass is 16.5. The Labute approximate surface area is 83.5 Å². The van der Waals surface area contributed by atoms with Crippen LogP contribution in [0.3, 0.4) is 0 Å². The van der Waals surface area contributed by atoms with Gasteiger partial charge in [-0.05, 0) is 18.9 Å². The highest BCUT2D eigenvalue weighted by Crippen LogP contribution is 2.26. The Morgan fingerprint density at radius 3 is 3.21 bits per heavy atom. The van der Waals surface area contributed by atoms with Gasteiger partial charge in [0.05, 0.1) is 12.0 Å². The van der Waals surface area contributed by atoms with Gasteiger partial charge in [-0.25, -0.2) is 0 Å². The molecule has 2 rings (SSSR count). The van der Waals surface area contributed by atoms with Gasteiger partial charge in [-0.3, -0.25) is 4.79 Å². The maximum Gasteiger partial charge on any atom is 0.170 e. The second-order valence-corrected chi connectivity index (χ2v) is 3.68. The first-order chi connectivity index (χ1) is 6.83. The first kappa shape index (κ1) is 9.46. The Bertz CT molecular complexity index is 305. The molecule has 2 unspecified atom stereocenters. The summed E-state index contributed by atoms with van der Waals surface area (Å²) in [5.41, 5.74) is 0.777. The topological polar surface area (TPSA) is 42.1 Å².